The summed E-state index contributed by atoms with van der Waals surface area (Å²) in [4.78, 5) is 41.9. The van der Waals surface area contributed by atoms with Crippen LogP contribution in [0.4, 0.5) is 0 Å². The maximum absolute atomic E-state index is 12.8. The number of thioether (sulfide) groups is 1. The highest BCUT2D eigenvalue weighted by molar-refractivity contribution is 8.00. The highest BCUT2D eigenvalue weighted by Gasteiger charge is 2.24. The minimum Gasteiger partial charge on any atom is -0.449 e. The predicted octanol–water partition coefficient (Wildman–Crippen LogP) is 3.74. The van der Waals surface area contributed by atoms with Gasteiger partial charge in [-0.15, -0.1) is 0 Å². The molecule has 0 aliphatic rings. The Morgan fingerprint density at radius 1 is 0.824 bits per heavy atom. The number of carbonyl (C=O) groups excluding carboxylic acids is 3. The van der Waals surface area contributed by atoms with Crippen molar-refractivity contribution in [1.82, 2.24) is 15.6 Å². The third kappa shape index (κ3) is 7.45. The number of rotatable bonds is 10. The van der Waals surface area contributed by atoms with E-state index in [1.165, 1.54) is 6.92 Å². The summed E-state index contributed by atoms with van der Waals surface area (Å²) in [5, 5.41) is 5.52. The van der Waals surface area contributed by atoms with Gasteiger partial charge in [-0.25, -0.2) is 9.78 Å². The van der Waals surface area contributed by atoms with Crippen LogP contribution < -0.4 is 10.6 Å². The average molecular weight is 478 g/mol. The van der Waals surface area contributed by atoms with Crippen LogP contribution in [0.5, 0.6) is 0 Å². The first kappa shape index (κ1) is 25.0. The van der Waals surface area contributed by atoms with E-state index >= 15 is 0 Å². The van der Waals surface area contributed by atoms with Gasteiger partial charge in [0.25, 0.3) is 5.91 Å². The van der Waals surface area contributed by atoms with Crippen molar-refractivity contribution < 1.29 is 19.1 Å². The van der Waals surface area contributed by atoms with Crippen LogP contribution in [-0.2, 0) is 27.4 Å². The van der Waals surface area contributed by atoms with Crippen LogP contribution in [0.3, 0.4) is 0 Å². The number of carbonyl (C=O) groups is 3. The molecule has 7 nitrogen and oxygen atoms in total. The number of hydrogen-bond acceptors (Lipinski definition) is 6. The Balaban J connectivity index is 1.55. The number of amides is 2. The van der Waals surface area contributed by atoms with Crippen LogP contribution in [0.15, 0.2) is 84.0 Å². The maximum Gasteiger partial charge on any atom is 0.341 e. The number of pyridine rings is 1. The summed E-state index contributed by atoms with van der Waals surface area (Å²) in [6.45, 7) is 4.01. The predicted molar refractivity (Wildman–Crippen MR) is 131 cm³/mol. The highest BCUT2D eigenvalue weighted by atomic mass is 32.2. The van der Waals surface area contributed by atoms with Crippen molar-refractivity contribution >= 4 is 29.5 Å². The number of nitrogens with one attached hydrogen (secondary N) is 2. The van der Waals surface area contributed by atoms with Gasteiger partial charge in [0.15, 0.2) is 6.10 Å². The molecule has 0 aliphatic carbocycles. The molecular weight excluding hydrogens is 450 g/mol. The summed E-state index contributed by atoms with van der Waals surface area (Å²) in [5.41, 5.74) is 2.15. The van der Waals surface area contributed by atoms with Gasteiger partial charge in [0.2, 0.25) is 5.91 Å². The van der Waals surface area contributed by atoms with Gasteiger partial charge < -0.3 is 15.4 Å². The Labute approximate surface area is 203 Å². The molecule has 2 amide bonds. The van der Waals surface area contributed by atoms with Crippen LogP contribution in [-0.4, -0.2) is 34.1 Å². The molecule has 176 valence electrons. The van der Waals surface area contributed by atoms with Crippen molar-refractivity contribution in [2.45, 2.75) is 43.3 Å². The Hall–Kier alpha value is -3.65. The van der Waals surface area contributed by atoms with Gasteiger partial charge in [0.1, 0.15) is 5.03 Å². The quantitative estimate of drug-likeness (QED) is 0.341. The molecule has 2 atom stereocenters. The number of benzene rings is 2. The molecule has 1 heterocycles. The number of nitrogens with zero attached hydrogens (tertiary/aromatic N) is 1. The van der Waals surface area contributed by atoms with Gasteiger partial charge in [-0.1, -0.05) is 72.4 Å². The molecule has 0 unspecified atom stereocenters. The van der Waals surface area contributed by atoms with Gasteiger partial charge in [0, 0.05) is 19.3 Å². The fourth-order valence-corrected chi connectivity index (χ4v) is 3.92. The summed E-state index contributed by atoms with van der Waals surface area (Å²) in [6, 6.07) is 22.2. The second kappa shape index (κ2) is 12.6. The molecule has 0 spiro atoms. The van der Waals surface area contributed by atoms with E-state index in [1.807, 2.05) is 60.7 Å². The summed E-state index contributed by atoms with van der Waals surface area (Å²) in [6.07, 6.45) is 0.560. The zero-order chi connectivity index (χ0) is 24.3. The van der Waals surface area contributed by atoms with E-state index < -0.39 is 23.2 Å². The van der Waals surface area contributed by atoms with Crippen molar-refractivity contribution in [3.8, 4) is 0 Å². The Morgan fingerprint density at radius 3 is 1.97 bits per heavy atom. The second-order valence-electron chi connectivity index (χ2n) is 7.57. The molecule has 0 saturated carbocycles. The molecule has 2 N–H and O–H groups in total. The monoisotopic (exact) mass is 477 g/mol. The van der Waals surface area contributed by atoms with Gasteiger partial charge in [0.05, 0.1) is 10.8 Å². The number of esters is 1. The molecule has 0 saturated heterocycles. The number of aromatic nitrogens is 1. The van der Waals surface area contributed by atoms with Gasteiger partial charge >= 0.3 is 5.97 Å². The minimum atomic E-state index is -0.985. The van der Waals surface area contributed by atoms with Crippen LogP contribution >= 0.6 is 11.8 Å². The molecule has 0 aliphatic heterocycles. The van der Waals surface area contributed by atoms with Crippen molar-refractivity contribution in [1.29, 1.82) is 0 Å². The van der Waals surface area contributed by atoms with E-state index in [-0.39, 0.29) is 11.5 Å². The Morgan fingerprint density at radius 2 is 1.38 bits per heavy atom. The highest BCUT2D eigenvalue weighted by Crippen LogP contribution is 2.25. The summed E-state index contributed by atoms with van der Waals surface area (Å²) < 4.78 is 5.37. The lowest BCUT2D eigenvalue weighted by molar-refractivity contribution is -0.129. The molecule has 3 rings (SSSR count). The molecule has 8 heteroatoms. The average Bonchev–Trinajstić information content (AvgIpc) is 2.87. The molecule has 0 fully saturated rings. The van der Waals surface area contributed by atoms with Crippen molar-refractivity contribution in [3.63, 3.8) is 0 Å². The van der Waals surface area contributed by atoms with Gasteiger partial charge in [-0.2, -0.15) is 0 Å². The SMILES string of the molecule is C[C@H](Sc1ncccc1C(=O)O[C@H](C)C(=O)NCc1ccccc1)C(=O)NCc1ccccc1. The first-order valence-corrected chi connectivity index (χ1v) is 11.8. The Kier molecular flexibility index (Phi) is 9.22. The minimum absolute atomic E-state index is 0.174. The third-order valence-electron chi connectivity index (χ3n) is 4.92. The lowest BCUT2D eigenvalue weighted by Crippen LogP contribution is -2.35. The van der Waals surface area contributed by atoms with Crippen LogP contribution in [0.1, 0.15) is 35.3 Å². The molecular formula is C26H27N3O4S. The lowest BCUT2D eigenvalue weighted by atomic mass is 10.2. The summed E-state index contributed by atoms with van der Waals surface area (Å²) in [5.74, 6) is -1.24. The molecule has 34 heavy (non-hydrogen) atoms. The van der Waals surface area contributed by atoms with Crippen LogP contribution in [0, 0.1) is 0 Å². The van der Waals surface area contributed by atoms with E-state index in [0.29, 0.717) is 18.1 Å². The zero-order valence-electron chi connectivity index (χ0n) is 19.1. The first-order valence-electron chi connectivity index (χ1n) is 10.9. The van der Waals surface area contributed by atoms with Crippen LogP contribution in [0.25, 0.3) is 0 Å². The fourth-order valence-electron chi connectivity index (χ4n) is 3.00. The second-order valence-corrected chi connectivity index (χ2v) is 8.90. The van der Waals surface area contributed by atoms with Crippen LogP contribution in [0.2, 0.25) is 0 Å². The fraction of sp³-hybridized carbons (Fsp3) is 0.231. The third-order valence-corrected chi connectivity index (χ3v) is 6.04. The van der Waals surface area contributed by atoms with E-state index in [0.717, 1.165) is 22.9 Å². The maximum atomic E-state index is 12.8. The molecule has 0 bridgehead atoms. The lowest BCUT2D eigenvalue weighted by Gasteiger charge is -2.16. The first-order chi connectivity index (χ1) is 16.4. The van der Waals surface area contributed by atoms with Crippen molar-refractivity contribution in [3.05, 3.63) is 95.7 Å². The van der Waals surface area contributed by atoms with E-state index in [2.05, 4.69) is 15.6 Å². The number of hydrogen-bond donors (Lipinski definition) is 2. The smallest absolute Gasteiger partial charge is 0.341 e. The largest absolute Gasteiger partial charge is 0.449 e. The molecule has 1 aromatic heterocycles. The summed E-state index contributed by atoms with van der Waals surface area (Å²) in [7, 11) is 0. The normalized spacial score (nSPS) is 12.3. The molecule has 0 radical (unpaired) electrons. The van der Waals surface area contributed by atoms with Gasteiger partial charge in [-0.05, 0) is 37.1 Å². The van der Waals surface area contributed by atoms with E-state index in [1.54, 1.807) is 25.3 Å². The van der Waals surface area contributed by atoms with E-state index in [4.69, 9.17) is 4.74 Å². The molecule has 3 aromatic rings. The van der Waals surface area contributed by atoms with E-state index in [9.17, 15) is 14.4 Å². The van der Waals surface area contributed by atoms with Crippen molar-refractivity contribution in [2.24, 2.45) is 0 Å². The van der Waals surface area contributed by atoms with Gasteiger partial charge in [-0.3, -0.25) is 9.59 Å². The standard InChI is InChI=1S/C26H27N3O4S/c1-18(23(30)28-16-20-10-5-3-6-11-20)33-26(32)22-14-9-15-27-25(22)34-19(2)24(31)29-17-21-12-7-4-8-13-21/h3-15,18-19H,16-17H2,1-2H3,(H,28,30)(H,29,31)/t18-,19+/m1/s1. The molecule has 2 aromatic carbocycles. The zero-order valence-corrected chi connectivity index (χ0v) is 19.9. The topological polar surface area (TPSA) is 97.4 Å². The summed E-state index contributed by atoms with van der Waals surface area (Å²) >= 11 is 1.16. The Bertz CT molecular complexity index is 1110. The number of ether oxygens (including phenoxy) is 1. The van der Waals surface area contributed by atoms with Crippen molar-refractivity contribution in [2.75, 3.05) is 0 Å².